The Bertz CT molecular complexity index is 292. The van der Waals surface area contributed by atoms with Gasteiger partial charge in [0.05, 0.1) is 0 Å². The van der Waals surface area contributed by atoms with Gasteiger partial charge in [0, 0.05) is 0 Å². The largest absolute Gasteiger partial charge is 0.392 e. The maximum Gasteiger partial charge on any atom is 0.220 e. The topological polar surface area (TPSA) is 67.0 Å². The van der Waals surface area contributed by atoms with Gasteiger partial charge in [-0.25, -0.2) is 0 Å². The molecule has 84 valence electrons. The number of hydrogen-bond acceptors (Lipinski definition) is 5. The smallest absolute Gasteiger partial charge is 0.220 e. The molecule has 0 aromatic heterocycles. The fraction of sp³-hybridized carbons (Fsp3) is 0.667. The summed E-state index contributed by atoms with van der Waals surface area (Å²) in [6.07, 6.45) is -0.228. The highest BCUT2D eigenvalue weighted by atomic mass is 35.5. The van der Waals surface area contributed by atoms with Gasteiger partial charge in [0.15, 0.2) is 0 Å². The van der Waals surface area contributed by atoms with Crippen molar-refractivity contribution < 1.29 is 9.68 Å². The molecule has 0 aromatic rings. The van der Waals surface area contributed by atoms with Crippen molar-refractivity contribution in [1.82, 2.24) is 0 Å². The molecule has 0 N–H and O–H groups in total. The molecule has 0 radical (unpaired) electrons. The van der Waals surface area contributed by atoms with E-state index in [2.05, 4.69) is 10.3 Å². The summed E-state index contributed by atoms with van der Waals surface area (Å²) in [6.45, 7) is 7.16. The molecule has 0 aliphatic carbocycles. The quantitative estimate of drug-likeness (QED) is 0.538. The van der Waals surface area contributed by atoms with Crippen molar-refractivity contribution in [2.24, 2.45) is 10.3 Å². The zero-order valence-electron chi connectivity index (χ0n) is 9.19. The fourth-order valence-electron chi connectivity index (χ4n) is 0.457. The summed E-state index contributed by atoms with van der Waals surface area (Å²) in [4.78, 5) is 9.73. The molecule has 0 spiro atoms. The lowest BCUT2D eigenvalue weighted by Crippen LogP contribution is -2.10. The van der Waals surface area contributed by atoms with Gasteiger partial charge < -0.3 is 9.68 Å². The molecule has 0 rings (SSSR count). The SMILES string of the molecule is CC(C)O/N=C(C#N)\C(Cl)=N/OC(C)C. The first-order valence-corrected chi connectivity index (χ1v) is 4.88. The first-order chi connectivity index (χ1) is 6.97. The number of nitriles is 1. The third-order valence-corrected chi connectivity index (χ3v) is 1.25. The van der Waals surface area contributed by atoms with Crippen LogP contribution < -0.4 is 0 Å². The first kappa shape index (κ1) is 13.7. The number of rotatable bonds is 5. The maximum absolute atomic E-state index is 8.69. The molecule has 0 atom stereocenters. The Morgan fingerprint density at radius 1 is 1.13 bits per heavy atom. The Morgan fingerprint density at radius 3 is 2.00 bits per heavy atom. The van der Waals surface area contributed by atoms with Crippen molar-refractivity contribution in [1.29, 1.82) is 5.26 Å². The second-order valence-electron chi connectivity index (χ2n) is 3.24. The average Bonchev–Trinajstić information content (AvgIpc) is 2.15. The van der Waals surface area contributed by atoms with Crippen LogP contribution in [-0.2, 0) is 9.68 Å². The molecule has 0 unspecified atom stereocenters. The highest BCUT2D eigenvalue weighted by molar-refractivity contribution is 6.85. The van der Waals surface area contributed by atoms with Gasteiger partial charge in [-0.15, -0.1) is 0 Å². The second kappa shape index (κ2) is 7.07. The number of nitrogens with zero attached hydrogens (tertiary/aromatic N) is 3. The summed E-state index contributed by atoms with van der Waals surface area (Å²) in [6, 6.07) is 1.76. The molecule has 6 heteroatoms. The summed E-state index contributed by atoms with van der Waals surface area (Å²) in [5.74, 6) is 0. The van der Waals surface area contributed by atoms with Gasteiger partial charge >= 0.3 is 0 Å². The highest BCUT2D eigenvalue weighted by Gasteiger charge is 2.08. The van der Waals surface area contributed by atoms with Crippen LogP contribution in [0.1, 0.15) is 27.7 Å². The Labute approximate surface area is 94.3 Å². The highest BCUT2D eigenvalue weighted by Crippen LogP contribution is 1.98. The van der Waals surface area contributed by atoms with E-state index >= 15 is 0 Å². The van der Waals surface area contributed by atoms with Gasteiger partial charge in [-0.2, -0.15) is 5.26 Å². The van der Waals surface area contributed by atoms with E-state index in [0.29, 0.717) is 0 Å². The standard InChI is InChI=1S/C9H14ClN3O2/c1-6(2)14-12-8(5-11)9(10)13-15-7(3)4/h6-7H,1-4H3/b12-8-,13-9+. The van der Waals surface area contributed by atoms with Crippen LogP contribution in [0.25, 0.3) is 0 Å². The van der Waals surface area contributed by atoms with Crippen molar-refractivity contribution in [2.75, 3.05) is 0 Å². The van der Waals surface area contributed by atoms with Crippen LogP contribution >= 0.6 is 11.6 Å². The number of halogens is 1. The van der Waals surface area contributed by atoms with Crippen LogP contribution in [-0.4, -0.2) is 23.1 Å². The fourth-order valence-corrected chi connectivity index (χ4v) is 0.574. The second-order valence-corrected chi connectivity index (χ2v) is 3.60. The van der Waals surface area contributed by atoms with E-state index in [1.807, 2.05) is 0 Å². The molecular weight excluding hydrogens is 218 g/mol. The van der Waals surface area contributed by atoms with Gasteiger partial charge in [0.2, 0.25) is 10.9 Å². The lowest BCUT2D eigenvalue weighted by Gasteiger charge is -2.03. The average molecular weight is 232 g/mol. The third-order valence-electron chi connectivity index (χ3n) is 1.000. The minimum Gasteiger partial charge on any atom is -0.392 e. The zero-order valence-corrected chi connectivity index (χ0v) is 9.95. The van der Waals surface area contributed by atoms with E-state index in [1.54, 1.807) is 33.8 Å². The van der Waals surface area contributed by atoms with E-state index in [9.17, 15) is 0 Å². The predicted octanol–water partition coefficient (Wildman–Crippen LogP) is 2.27. The zero-order chi connectivity index (χ0) is 11.8. The van der Waals surface area contributed by atoms with Gasteiger partial charge in [-0.3, -0.25) is 0 Å². The lowest BCUT2D eigenvalue weighted by molar-refractivity contribution is 0.0839. The van der Waals surface area contributed by atoms with Crippen LogP contribution in [0.3, 0.4) is 0 Å². The first-order valence-electron chi connectivity index (χ1n) is 4.51. The Morgan fingerprint density at radius 2 is 1.60 bits per heavy atom. The molecule has 0 saturated carbocycles. The van der Waals surface area contributed by atoms with Crippen LogP contribution in [0.2, 0.25) is 0 Å². The summed E-state index contributed by atoms with van der Waals surface area (Å²) < 4.78 is 0. The van der Waals surface area contributed by atoms with Gasteiger partial charge in [0.25, 0.3) is 0 Å². The van der Waals surface area contributed by atoms with Crippen molar-refractivity contribution in [3.8, 4) is 6.07 Å². The van der Waals surface area contributed by atoms with Crippen molar-refractivity contribution in [3.63, 3.8) is 0 Å². The predicted molar refractivity (Wildman–Crippen MR) is 58.8 cm³/mol. The van der Waals surface area contributed by atoms with E-state index in [-0.39, 0.29) is 23.1 Å². The summed E-state index contributed by atoms with van der Waals surface area (Å²) >= 11 is 5.67. The van der Waals surface area contributed by atoms with E-state index in [4.69, 9.17) is 26.5 Å². The minimum absolute atomic E-state index is 0.106. The van der Waals surface area contributed by atoms with Crippen molar-refractivity contribution >= 4 is 22.5 Å². The van der Waals surface area contributed by atoms with Crippen LogP contribution in [0, 0.1) is 11.3 Å². The number of hydrogen-bond donors (Lipinski definition) is 0. The summed E-state index contributed by atoms with van der Waals surface area (Å²) in [5.41, 5.74) is -0.106. The third kappa shape index (κ3) is 6.75. The monoisotopic (exact) mass is 231 g/mol. The molecule has 0 saturated heterocycles. The van der Waals surface area contributed by atoms with E-state index in [0.717, 1.165) is 0 Å². The van der Waals surface area contributed by atoms with E-state index in [1.165, 1.54) is 0 Å². The molecule has 0 fully saturated rings. The molecule has 0 heterocycles. The van der Waals surface area contributed by atoms with E-state index < -0.39 is 0 Å². The van der Waals surface area contributed by atoms with Gasteiger partial charge in [-0.05, 0) is 27.7 Å². The normalized spacial score (nSPS) is 12.9. The summed E-state index contributed by atoms with van der Waals surface area (Å²) in [5, 5.41) is 15.6. The molecule has 0 aliphatic heterocycles. The van der Waals surface area contributed by atoms with Crippen LogP contribution in [0.4, 0.5) is 0 Å². The lowest BCUT2D eigenvalue weighted by atomic mass is 10.4. The van der Waals surface area contributed by atoms with Crippen LogP contribution in [0.15, 0.2) is 10.3 Å². The maximum atomic E-state index is 8.69. The number of oxime groups is 2. The molecule has 15 heavy (non-hydrogen) atoms. The van der Waals surface area contributed by atoms with Crippen LogP contribution in [0.5, 0.6) is 0 Å². The van der Waals surface area contributed by atoms with Gasteiger partial charge in [0.1, 0.15) is 18.3 Å². The Balaban J connectivity index is 4.48. The van der Waals surface area contributed by atoms with Gasteiger partial charge in [-0.1, -0.05) is 21.9 Å². The van der Waals surface area contributed by atoms with Crippen molar-refractivity contribution in [3.05, 3.63) is 0 Å². The molecule has 5 nitrogen and oxygen atoms in total. The molecule has 0 aliphatic rings. The Hall–Kier alpha value is -1.28. The molecular formula is C9H14ClN3O2. The molecule has 0 bridgehead atoms. The molecule has 0 amide bonds. The Kier molecular flexibility index (Phi) is 6.47. The molecule has 0 aromatic carbocycles. The van der Waals surface area contributed by atoms with Crippen molar-refractivity contribution in [2.45, 2.75) is 39.9 Å². The summed E-state index contributed by atoms with van der Waals surface area (Å²) in [7, 11) is 0. The minimum atomic E-state index is -0.121.